The predicted octanol–water partition coefficient (Wildman–Crippen LogP) is 4.09. The molecule has 0 unspecified atom stereocenters. The van der Waals surface area contributed by atoms with E-state index in [1.54, 1.807) is 6.07 Å². The third-order valence-corrected chi connectivity index (χ3v) is 3.89. The number of hydrogen-bond acceptors (Lipinski definition) is 6. The Morgan fingerprint density at radius 1 is 1.04 bits per heavy atom. The number of carboxylic acids is 1. The van der Waals surface area contributed by atoms with Crippen molar-refractivity contribution in [3.8, 4) is 23.0 Å². The van der Waals surface area contributed by atoms with E-state index in [1.165, 1.54) is 44.6 Å². The zero-order chi connectivity index (χ0) is 20.7. The van der Waals surface area contributed by atoms with Crippen LogP contribution in [-0.2, 0) is 9.59 Å². The van der Waals surface area contributed by atoms with Gasteiger partial charge in [-0.1, -0.05) is 23.2 Å². The summed E-state index contributed by atoms with van der Waals surface area (Å²) in [5.74, 6) is -1.16. The molecule has 0 aliphatic carbocycles. The molecule has 9 heteroatoms. The summed E-state index contributed by atoms with van der Waals surface area (Å²) in [7, 11) is 2.75. The minimum Gasteiger partial charge on any atom is -0.493 e. The van der Waals surface area contributed by atoms with Gasteiger partial charge in [-0.05, 0) is 42.0 Å². The van der Waals surface area contributed by atoms with Gasteiger partial charge in [-0.3, -0.25) is 0 Å². The third kappa shape index (κ3) is 5.80. The van der Waals surface area contributed by atoms with Crippen LogP contribution in [-0.4, -0.2) is 37.9 Å². The van der Waals surface area contributed by atoms with Crippen molar-refractivity contribution >= 4 is 41.2 Å². The van der Waals surface area contributed by atoms with Crippen LogP contribution in [0, 0.1) is 0 Å². The predicted molar refractivity (Wildman–Crippen MR) is 104 cm³/mol. The standard InChI is InChI=1S/C19H16Cl2O7/c1-25-15-7-11(3-6-17(22)23)8-16(26-2)19(15)28-18(24)10-27-14-5-4-12(20)9-13(14)21/h3-9H,10H2,1-2H3,(H,22,23)/b6-3+. The van der Waals surface area contributed by atoms with Crippen molar-refractivity contribution in [1.82, 2.24) is 0 Å². The normalized spacial score (nSPS) is 10.6. The number of carbonyl (C=O) groups excluding carboxylic acids is 1. The molecule has 0 aliphatic rings. The van der Waals surface area contributed by atoms with Crippen LogP contribution in [0.2, 0.25) is 10.0 Å². The lowest BCUT2D eigenvalue weighted by Crippen LogP contribution is -2.18. The van der Waals surface area contributed by atoms with Gasteiger partial charge in [0.1, 0.15) is 5.75 Å². The van der Waals surface area contributed by atoms with Crippen LogP contribution in [0.1, 0.15) is 5.56 Å². The number of aliphatic carboxylic acids is 1. The van der Waals surface area contributed by atoms with Crippen molar-refractivity contribution in [2.45, 2.75) is 0 Å². The highest BCUT2D eigenvalue weighted by Crippen LogP contribution is 2.39. The Morgan fingerprint density at radius 3 is 2.21 bits per heavy atom. The minimum absolute atomic E-state index is 0.0354. The highest BCUT2D eigenvalue weighted by molar-refractivity contribution is 6.35. The molecule has 1 N–H and O–H groups in total. The molecular formula is C19H16Cl2O7. The molecular weight excluding hydrogens is 411 g/mol. The van der Waals surface area contributed by atoms with E-state index in [9.17, 15) is 9.59 Å². The Balaban J connectivity index is 2.17. The first-order valence-electron chi connectivity index (χ1n) is 7.79. The molecule has 0 heterocycles. The second-order valence-corrected chi connectivity index (χ2v) is 6.11. The Bertz CT molecular complexity index is 884. The van der Waals surface area contributed by atoms with Crippen LogP contribution in [0.4, 0.5) is 0 Å². The summed E-state index contributed by atoms with van der Waals surface area (Å²) in [6.07, 6.45) is 2.31. The number of carbonyl (C=O) groups is 2. The fourth-order valence-electron chi connectivity index (χ4n) is 2.14. The van der Waals surface area contributed by atoms with Gasteiger partial charge in [-0.2, -0.15) is 0 Å². The van der Waals surface area contributed by atoms with Gasteiger partial charge in [0.25, 0.3) is 0 Å². The van der Waals surface area contributed by atoms with Crippen molar-refractivity contribution in [3.63, 3.8) is 0 Å². The lowest BCUT2D eigenvalue weighted by atomic mass is 10.1. The molecule has 148 valence electrons. The SMILES string of the molecule is COc1cc(/C=C/C(=O)O)cc(OC)c1OC(=O)COc1ccc(Cl)cc1Cl. The molecule has 2 rings (SSSR count). The number of rotatable bonds is 8. The maximum absolute atomic E-state index is 12.2. The van der Waals surface area contributed by atoms with Gasteiger partial charge >= 0.3 is 11.9 Å². The van der Waals surface area contributed by atoms with Gasteiger partial charge in [-0.25, -0.2) is 9.59 Å². The number of hydrogen-bond donors (Lipinski definition) is 1. The molecule has 0 saturated carbocycles. The lowest BCUT2D eigenvalue weighted by molar-refractivity contribution is -0.137. The van der Waals surface area contributed by atoms with E-state index < -0.39 is 18.5 Å². The Kier molecular flexibility index (Phi) is 7.54. The smallest absolute Gasteiger partial charge is 0.349 e. The molecule has 2 aromatic rings. The maximum atomic E-state index is 12.2. The second kappa shape index (κ2) is 9.87. The number of ether oxygens (including phenoxy) is 4. The average Bonchev–Trinajstić information content (AvgIpc) is 2.66. The Hall–Kier alpha value is -2.90. The third-order valence-electron chi connectivity index (χ3n) is 3.36. The highest BCUT2D eigenvalue weighted by atomic mass is 35.5. The maximum Gasteiger partial charge on any atom is 0.349 e. The number of carboxylic acid groups (broad SMARTS) is 1. The van der Waals surface area contributed by atoms with Gasteiger partial charge in [0, 0.05) is 11.1 Å². The van der Waals surface area contributed by atoms with Gasteiger partial charge in [0.2, 0.25) is 5.75 Å². The van der Waals surface area contributed by atoms with Crippen LogP contribution >= 0.6 is 23.2 Å². The molecule has 2 aromatic carbocycles. The van der Waals surface area contributed by atoms with Crippen molar-refractivity contribution in [1.29, 1.82) is 0 Å². The molecule has 0 aromatic heterocycles. The molecule has 0 amide bonds. The van der Waals surface area contributed by atoms with Crippen molar-refractivity contribution in [2.75, 3.05) is 20.8 Å². The molecule has 0 aliphatic heterocycles. The summed E-state index contributed by atoms with van der Waals surface area (Å²) in [5, 5.41) is 9.43. The van der Waals surface area contributed by atoms with Gasteiger partial charge < -0.3 is 24.1 Å². The summed E-state index contributed by atoms with van der Waals surface area (Å²) in [6, 6.07) is 7.59. The molecule has 0 fully saturated rings. The summed E-state index contributed by atoms with van der Waals surface area (Å²) >= 11 is 11.8. The van der Waals surface area contributed by atoms with Gasteiger partial charge in [-0.15, -0.1) is 0 Å². The van der Waals surface area contributed by atoms with Gasteiger partial charge in [0.15, 0.2) is 18.1 Å². The minimum atomic E-state index is -1.11. The summed E-state index contributed by atoms with van der Waals surface area (Å²) in [4.78, 5) is 22.9. The summed E-state index contributed by atoms with van der Waals surface area (Å²) in [6.45, 7) is -0.422. The van der Waals surface area contributed by atoms with Crippen molar-refractivity contribution < 1.29 is 33.6 Å². The molecule has 0 spiro atoms. The lowest BCUT2D eigenvalue weighted by Gasteiger charge is -2.14. The van der Waals surface area contributed by atoms with Gasteiger partial charge in [0.05, 0.1) is 19.2 Å². The van der Waals surface area contributed by atoms with E-state index in [0.29, 0.717) is 10.6 Å². The Labute approximate surface area is 171 Å². The number of halogens is 2. The number of methoxy groups -OCH3 is 2. The largest absolute Gasteiger partial charge is 0.493 e. The molecule has 0 atom stereocenters. The van der Waals surface area contributed by atoms with Crippen LogP contribution in [0.5, 0.6) is 23.0 Å². The first kappa shape index (κ1) is 21.4. The van der Waals surface area contributed by atoms with Crippen molar-refractivity contribution in [2.24, 2.45) is 0 Å². The van der Waals surface area contributed by atoms with Crippen LogP contribution in [0.3, 0.4) is 0 Å². The topological polar surface area (TPSA) is 91.3 Å². The monoisotopic (exact) mass is 426 g/mol. The van der Waals surface area contributed by atoms with Crippen LogP contribution in [0.15, 0.2) is 36.4 Å². The quantitative estimate of drug-likeness (QED) is 0.386. The van der Waals surface area contributed by atoms with Crippen molar-refractivity contribution in [3.05, 3.63) is 52.0 Å². The zero-order valence-corrected chi connectivity index (χ0v) is 16.4. The van der Waals surface area contributed by atoms with Crippen LogP contribution < -0.4 is 18.9 Å². The molecule has 0 saturated heterocycles. The zero-order valence-electron chi connectivity index (χ0n) is 14.9. The number of esters is 1. The van der Waals surface area contributed by atoms with E-state index in [4.69, 9.17) is 47.3 Å². The van der Waals surface area contributed by atoms with E-state index in [0.717, 1.165) is 6.08 Å². The Morgan fingerprint density at radius 2 is 1.68 bits per heavy atom. The molecule has 7 nitrogen and oxygen atoms in total. The molecule has 0 bridgehead atoms. The second-order valence-electron chi connectivity index (χ2n) is 5.26. The summed E-state index contributed by atoms with van der Waals surface area (Å²) < 4.78 is 21.1. The first-order chi connectivity index (χ1) is 13.3. The van der Waals surface area contributed by atoms with E-state index in [1.807, 2.05) is 0 Å². The first-order valence-corrected chi connectivity index (χ1v) is 8.55. The highest BCUT2D eigenvalue weighted by Gasteiger charge is 2.18. The molecule has 0 radical (unpaired) electrons. The van der Waals surface area contributed by atoms with E-state index >= 15 is 0 Å². The average molecular weight is 427 g/mol. The van der Waals surface area contributed by atoms with E-state index in [2.05, 4.69) is 0 Å². The molecule has 28 heavy (non-hydrogen) atoms. The van der Waals surface area contributed by atoms with Crippen LogP contribution in [0.25, 0.3) is 6.08 Å². The fourth-order valence-corrected chi connectivity index (χ4v) is 2.60. The number of benzene rings is 2. The summed E-state index contributed by atoms with van der Waals surface area (Å²) in [5.41, 5.74) is 0.486. The fraction of sp³-hybridized carbons (Fsp3) is 0.158. The van der Waals surface area contributed by atoms with E-state index in [-0.39, 0.29) is 28.0 Å².